The molecule has 0 bridgehead atoms. The zero-order chi connectivity index (χ0) is 19.8. The number of nitrogens with one attached hydrogen (secondary N) is 1. The number of aliphatic hydroxyl groups excluding tert-OH is 1. The smallest absolute Gasteiger partial charge is 0.225 e. The third kappa shape index (κ3) is 5.10. The molecule has 2 heterocycles. The fourth-order valence-electron chi connectivity index (χ4n) is 3.13. The molecular weight excluding hydrogens is 356 g/mol. The molecule has 2 N–H and O–H groups in total. The minimum absolute atomic E-state index is 0.289. The van der Waals surface area contributed by atoms with Crippen molar-refractivity contribution in [2.45, 2.75) is 13.0 Å². The molecule has 28 heavy (non-hydrogen) atoms. The number of benzene rings is 1. The molecule has 8 heteroatoms. The topological polar surface area (TPSA) is 86.1 Å². The first-order chi connectivity index (χ1) is 13.7. The van der Waals surface area contributed by atoms with Crippen molar-refractivity contribution in [3.8, 4) is 5.75 Å². The van der Waals surface area contributed by atoms with Crippen LogP contribution in [0.25, 0.3) is 0 Å². The van der Waals surface area contributed by atoms with Crippen LogP contribution < -0.4 is 15.0 Å². The first-order valence-electron chi connectivity index (χ1n) is 9.58. The first-order valence-corrected chi connectivity index (χ1v) is 9.58. The van der Waals surface area contributed by atoms with Crippen molar-refractivity contribution in [2.75, 3.05) is 51.3 Å². The van der Waals surface area contributed by atoms with Gasteiger partial charge in [-0.15, -0.1) is 0 Å². The van der Waals surface area contributed by atoms with Crippen molar-refractivity contribution in [1.29, 1.82) is 0 Å². The highest BCUT2D eigenvalue weighted by Crippen LogP contribution is 2.19. The van der Waals surface area contributed by atoms with Gasteiger partial charge in [0.15, 0.2) is 5.96 Å². The second kappa shape index (κ2) is 9.89. The molecule has 0 saturated carbocycles. The standard InChI is InChI=1S/C20H28N6O2/c1-3-21-19(24-15-18(27)16-6-4-7-17(14-16)28-2)25-10-12-26(13-11-25)20-22-8-5-9-23-20/h4-9,14,18,27H,3,10-13,15H2,1-2H3,(H,21,24). The lowest BCUT2D eigenvalue weighted by Gasteiger charge is -2.36. The van der Waals surface area contributed by atoms with E-state index in [1.54, 1.807) is 19.5 Å². The van der Waals surface area contributed by atoms with Gasteiger partial charge in [-0.25, -0.2) is 9.97 Å². The SMILES string of the molecule is CCNC(=NCC(O)c1cccc(OC)c1)N1CCN(c2ncccn2)CC1. The van der Waals surface area contributed by atoms with Crippen LogP contribution in [0.4, 0.5) is 5.95 Å². The second-order valence-electron chi connectivity index (χ2n) is 6.51. The van der Waals surface area contributed by atoms with Crippen molar-refractivity contribution in [2.24, 2.45) is 4.99 Å². The molecule has 0 amide bonds. The summed E-state index contributed by atoms with van der Waals surface area (Å²) in [6.07, 6.45) is 2.85. The summed E-state index contributed by atoms with van der Waals surface area (Å²) in [5, 5.41) is 13.8. The molecule has 1 fully saturated rings. The monoisotopic (exact) mass is 384 g/mol. The van der Waals surface area contributed by atoms with Gasteiger partial charge in [0.05, 0.1) is 19.8 Å². The van der Waals surface area contributed by atoms with Crippen LogP contribution in [-0.2, 0) is 0 Å². The van der Waals surface area contributed by atoms with Crippen LogP contribution in [0.2, 0.25) is 0 Å². The number of aliphatic imine (C=N–C) groups is 1. The summed E-state index contributed by atoms with van der Waals surface area (Å²) in [6, 6.07) is 9.28. The number of rotatable bonds is 6. The third-order valence-corrected chi connectivity index (χ3v) is 4.64. The Balaban J connectivity index is 1.61. The van der Waals surface area contributed by atoms with Crippen molar-refractivity contribution < 1.29 is 9.84 Å². The van der Waals surface area contributed by atoms with E-state index >= 15 is 0 Å². The fourth-order valence-corrected chi connectivity index (χ4v) is 3.13. The third-order valence-electron chi connectivity index (χ3n) is 4.64. The lowest BCUT2D eigenvalue weighted by atomic mass is 10.1. The van der Waals surface area contributed by atoms with Crippen LogP contribution in [0.1, 0.15) is 18.6 Å². The largest absolute Gasteiger partial charge is 0.497 e. The van der Waals surface area contributed by atoms with E-state index in [0.717, 1.165) is 55.9 Å². The van der Waals surface area contributed by atoms with Gasteiger partial charge in [-0.2, -0.15) is 0 Å². The maximum Gasteiger partial charge on any atom is 0.225 e. The number of nitrogens with zero attached hydrogens (tertiary/aromatic N) is 5. The van der Waals surface area contributed by atoms with E-state index in [0.29, 0.717) is 0 Å². The first kappa shape index (κ1) is 19.9. The Morgan fingerprint density at radius 2 is 1.96 bits per heavy atom. The molecule has 1 unspecified atom stereocenters. The Kier molecular flexibility index (Phi) is 7.02. The molecule has 150 valence electrons. The van der Waals surface area contributed by atoms with Crippen LogP contribution in [0, 0.1) is 0 Å². The number of aliphatic hydroxyl groups is 1. The normalized spacial score (nSPS) is 16.0. The highest BCUT2D eigenvalue weighted by Gasteiger charge is 2.21. The average Bonchev–Trinajstić information content (AvgIpc) is 2.77. The van der Waals surface area contributed by atoms with Crippen LogP contribution in [0.5, 0.6) is 5.75 Å². The highest BCUT2D eigenvalue weighted by molar-refractivity contribution is 5.80. The van der Waals surface area contributed by atoms with E-state index < -0.39 is 6.10 Å². The average molecular weight is 384 g/mol. The summed E-state index contributed by atoms with van der Waals surface area (Å²) in [4.78, 5) is 17.7. The van der Waals surface area contributed by atoms with Gasteiger partial charge < -0.3 is 25.0 Å². The second-order valence-corrected chi connectivity index (χ2v) is 6.51. The molecule has 1 aromatic carbocycles. The molecule has 0 spiro atoms. The maximum atomic E-state index is 10.5. The number of piperazine rings is 1. The molecule has 0 radical (unpaired) electrons. The number of guanidine groups is 1. The minimum Gasteiger partial charge on any atom is -0.497 e. The lowest BCUT2D eigenvalue weighted by Crippen LogP contribution is -2.53. The Bertz CT molecular complexity index is 762. The number of anilines is 1. The van der Waals surface area contributed by atoms with Gasteiger partial charge in [-0.05, 0) is 30.7 Å². The zero-order valence-electron chi connectivity index (χ0n) is 16.5. The van der Waals surface area contributed by atoms with Gasteiger partial charge >= 0.3 is 0 Å². The predicted molar refractivity (Wildman–Crippen MR) is 110 cm³/mol. The molecule has 1 saturated heterocycles. The van der Waals surface area contributed by atoms with Gasteiger partial charge in [0.25, 0.3) is 0 Å². The van der Waals surface area contributed by atoms with Crippen LogP contribution in [-0.4, -0.2) is 72.3 Å². The fraction of sp³-hybridized carbons (Fsp3) is 0.450. The Morgan fingerprint density at radius 3 is 2.64 bits per heavy atom. The van der Waals surface area contributed by atoms with Crippen LogP contribution in [0.3, 0.4) is 0 Å². The Labute approximate surface area is 165 Å². The van der Waals surface area contributed by atoms with Crippen molar-refractivity contribution in [3.63, 3.8) is 0 Å². The number of hydrogen-bond donors (Lipinski definition) is 2. The Hall–Kier alpha value is -2.87. The van der Waals surface area contributed by atoms with Crippen molar-refractivity contribution >= 4 is 11.9 Å². The summed E-state index contributed by atoms with van der Waals surface area (Å²) in [7, 11) is 1.62. The van der Waals surface area contributed by atoms with Gasteiger partial charge in [-0.1, -0.05) is 12.1 Å². The maximum absolute atomic E-state index is 10.5. The number of ether oxygens (including phenoxy) is 1. The van der Waals surface area contributed by atoms with Gasteiger partial charge in [0.1, 0.15) is 5.75 Å². The molecule has 1 aliphatic rings. The summed E-state index contributed by atoms with van der Waals surface area (Å²) < 4.78 is 5.23. The molecule has 3 rings (SSSR count). The van der Waals surface area contributed by atoms with E-state index in [9.17, 15) is 5.11 Å². The lowest BCUT2D eigenvalue weighted by molar-refractivity contribution is 0.186. The van der Waals surface area contributed by atoms with E-state index in [4.69, 9.17) is 4.74 Å². The molecule has 1 aromatic heterocycles. The summed E-state index contributed by atoms with van der Waals surface area (Å²) >= 11 is 0. The summed E-state index contributed by atoms with van der Waals surface area (Å²) in [6.45, 7) is 6.40. The van der Waals surface area contributed by atoms with E-state index in [1.165, 1.54) is 0 Å². The minimum atomic E-state index is -0.678. The molecule has 0 aliphatic carbocycles. The van der Waals surface area contributed by atoms with E-state index in [-0.39, 0.29) is 6.54 Å². The van der Waals surface area contributed by atoms with Gasteiger partial charge in [0.2, 0.25) is 5.95 Å². The van der Waals surface area contributed by atoms with Crippen molar-refractivity contribution in [3.05, 3.63) is 48.3 Å². The highest BCUT2D eigenvalue weighted by atomic mass is 16.5. The van der Waals surface area contributed by atoms with Gasteiger partial charge in [0, 0.05) is 45.1 Å². The molecule has 1 aliphatic heterocycles. The zero-order valence-corrected chi connectivity index (χ0v) is 16.5. The molecular formula is C20H28N6O2. The van der Waals surface area contributed by atoms with E-state index in [2.05, 4.69) is 30.1 Å². The van der Waals surface area contributed by atoms with Crippen molar-refractivity contribution in [1.82, 2.24) is 20.2 Å². The number of methoxy groups -OCH3 is 1. The number of aromatic nitrogens is 2. The predicted octanol–water partition coefficient (Wildman–Crippen LogP) is 1.31. The summed E-state index contributed by atoms with van der Waals surface area (Å²) in [5.41, 5.74) is 0.796. The van der Waals surface area contributed by atoms with Gasteiger partial charge in [-0.3, -0.25) is 4.99 Å². The van der Waals surface area contributed by atoms with Crippen LogP contribution >= 0.6 is 0 Å². The summed E-state index contributed by atoms with van der Waals surface area (Å²) in [5.74, 6) is 2.31. The quantitative estimate of drug-likeness (QED) is 0.574. The Morgan fingerprint density at radius 1 is 1.21 bits per heavy atom. The van der Waals surface area contributed by atoms with Crippen LogP contribution in [0.15, 0.2) is 47.7 Å². The number of hydrogen-bond acceptors (Lipinski definition) is 6. The molecule has 2 aromatic rings. The van der Waals surface area contributed by atoms with E-state index in [1.807, 2.05) is 37.3 Å². The molecule has 8 nitrogen and oxygen atoms in total. The molecule has 1 atom stereocenters.